The highest BCUT2D eigenvalue weighted by atomic mass is 19.1. The minimum atomic E-state index is -0.810. The number of hydrogen-bond acceptors (Lipinski definition) is 3. The topological polar surface area (TPSA) is 70.2 Å². The van der Waals surface area contributed by atoms with E-state index in [0.29, 0.717) is 6.54 Å². The van der Waals surface area contributed by atoms with E-state index in [4.69, 9.17) is 0 Å². The highest BCUT2D eigenvalue weighted by Crippen LogP contribution is 2.20. The van der Waals surface area contributed by atoms with E-state index in [9.17, 15) is 18.4 Å². The van der Waals surface area contributed by atoms with Crippen LogP contribution in [0.2, 0.25) is 0 Å². The Bertz CT molecular complexity index is 498. The predicted octanol–water partition coefficient (Wildman–Crippen LogP) is 1.65. The SMILES string of the molecule is CCCNc1c(F)cc(C(=O)NCCNC(C)=O)cc1F. The van der Waals surface area contributed by atoms with Crippen LogP contribution in [0, 0.1) is 11.6 Å². The maximum atomic E-state index is 13.7. The molecule has 3 N–H and O–H groups in total. The van der Waals surface area contributed by atoms with Gasteiger partial charge in [-0.3, -0.25) is 9.59 Å². The Labute approximate surface area is 122 Å². The van der Waals surface area contributed by atoms with E-state index in [1.807, 2.05) is 6.92 Å². The van der Waals surface area contributed by atoms with Gasteiger partial charge in [-0.05, 0) is 18.6 Å². The molecule has 7 heteroatoms. The smallest absolute Gasteiger partial charge is 0.251 e. The molecular weight excluding hydrogens is 280 g/mol. The monoisotopic (exact) mass is 299 g/mol. The number of rotatable bonds is 7. The number of benzene rings is 1. The van der Waals surface area contributed by atoms with E-state index >= 15 is 0 Å². The van der Waals surface area contributed by atoms with Gasteiger partial charge in [-0.25, -0.2) is 8.78 Å². The van der Waals surface area contributed by atoms with Crippen molar-refractivity contribution >= 4 is 17.5 Å². The third-order valence-corrected chi connectivity index (χ3v) is 2.64. The van der Waals surface area contributed by atoms with Crippen molar-refractivity contribution in [2.24, 2.45) is 0 Å². The molecule has 5 nitrogen and oxygen atoms in total. The van der Waals surface area contributed by atoms with Gasteiger partial charge in [0.15, 0.2) is 0 Å². The average molecular weight is 299 g/mol. The Morgan fingerprint density at radius 3 is 2.14 bits per heavy atom. The van der Waals surface area contributed by atoms with Crippen LogP contribution in [-0.2, 0) is 4.79 Å². The predicted molar refractivity (Wildman–Crippen MR) is 76.2 cm³/mol. The van der Waals surface area contributed by atoms with Gasteiger partial charge in [0.05, 0.1) is 0 Å². The molecule has 0 saturated carbocycles. The van der Waals surface area contributed by atoms with Crippen LogP contribution in [0.1, 0.15) is 30.6 Å². The Morgan fingerprint density at radius 1 is 1.05 bits per heavy atom. The van der Waals surface area contributed by atoms with Crippen molar-refractivity contribution in [2.45, 2.75) is 20.3 Å². The van der Waals surface area contributed by atoms with Crippen molar-refractivity contribution in [3.8, 4) is 0 Å². The molecule has 0 aliphatic heterocycles. The van der Waals surface area contributed by atoms with Crippen LogP contribution in [-0.4, -0.2) is 31.4 Å². The molecule has 0 spiro atoms. The Balaban J connectivity index is 2.66. The fourth-order valence-electron chi connectivity index (χ4n) is 1.64. The first-order chi connectivity index (χ1) is 9.95. The van der Waals surface area contributed by atoms with Crippen molar-refractivity contribution in [2.75, 3.05) is 25.0 Å². The first kappa shape index (κ1) is 16.9. The van der Waals surface area contributed by atoms with Crippen LogP contribution in [0.15, 0.2) is 12.1 Å². The molecule has 0 radical (unpaired) electrons. The molecular formula is C14H19F2N3O2. The summed E-state index contributed by atoms with van der Waals surface area (Å²) in [6.45, 7) is 4.10. The van der Waals surface area contributed by atoms with Gasteiger partial charge in [-0.15, -0.1) is 0 Å². The van der Waals surface area contributed by atoms with Gasteiger partial charge >= 0.3 is 0 Å². The highest BCUT2D eigenvalue weighted by molar-refractivity contribution is 5.94. The van der Waals surface area contributed by atoms with E-state index in [-0.39, 0.29) is 30.2 Å². The largest absolute Gasteiger partial charge is 0.380 e. The molecule has 0 fully saturated rings. The lowest BCUT2D eigenvalue weighted by Crippen LogP contribution is -2.33. The minimum absolute atomic E-state index is 0.102. The summed E-state index contributed by atoms with van der Waals surface area (Å²) in [5.74, 6) is -2.43. The lowest BCUT2D eigenvalue weighted by atomic mass is 10.1. The molecule has 116 valence electrons. The number of carbonyl (C=O) groups excluding carboxylic acids is 2. The summed E-state index contributed by atoms with van der Waals surface area (Å²) in [6, 6.07) is 1.96. The van der Waals surface area contributed by atoms with Gasteiger partial charge in [0.1, 0.15) is 17.3 Å². The summed E-state index contributed by atoms with van der Waals surface area (Å²) in [7, 11) is 0. The number of amides is 2. The third-order valence-electron chi connectivity index (χ3n) is 2.64. The zero-order chi connectivity index (χ0) is 15.8. The standard InChI is InChI=1S/C14H19F2N3O2/c1-3-4-18-13-11(15)7-10(8-12(13)16)14(21)19-6-5-17-9(2)20/h7-8,18H,3-6H2,1-2H3,(H,17,20)(H,19,21). The molecule has 0 heterocycles. The number of carbonyl (C=O) groups is 2. The van der Waals surface area contributed by atoms with Crippen molar-refractivity contribution in [3.63, 3.8) is 0 Å². The first-order valence-corrected chi connectivity index (χ1v) is 6.71. The lowest BCUT2D eigenvalue weighted by Gasteiger charge is -2.10. The lowest BCUT2D eigenvalue weighted by molar-refractivity contribution is -0.118. The summed E-state index contributed by atoms with van der Waals surface area (Å²) in [5, 5.41) is 7.59. The van der Waals surface area contributed by atoms with Gasteiger partial charge < -0.3 is 16.0 Å². The molecule has 0 atom stereocenters. The first-order valence-electron chi connectivity index (χ1n) is 6.71. The molecule has 0 aliphatic carbocycles. The zero-order valence-corrected chi connectivity index (χ0v) is 12.1. The second-order valence-corrected chi connectivity index (χ2v) is 4.48. The van der Waals surface area contributed by atoms with Crippen molar-refractivity contribution < 1.29 is 18.4 Å². The summed E-state index contributed by atoms with van der Waals surface area (Å²) in [6.07, 6.45) is 0.726. The Kier molecular flexibility index (Phi) is 6.58. The minimum Gasteiger partial charge on any atom is -0.380 e. The molecule has 0 aromatic heterocycles. The molecule has 1 rings (SSSR count). The van der Waals surface area contributed by atoms with E-state index in [1.165, 1.54) is 6.92 Å². The van der Waals surface area contributed by atoms with Crippen molar-refractivity contribution in [1.29, 1.82) is 0 Å². The van der Waals surface area contributed by atoms with E-state index in [0.717, 1.165) is 18.6 Å². The Hall–Kier alpha value is -2.18. The second kappa shape index (κ2) is 8.18. The summed E-state index contributed by atoms with van der Waals surface area (Å²) in [5.41, 5.74) is -0.332. The van der Waals surface area contributed by atoms with Crippen LogP contribution < -0.4 is 16.0 Å². The number of halogens is 2. The summed E-state index contributed by atoms with van der Waals surface area (Å²) >= 11 is 0. The zero-order valence-electron chi connectivity index (χ0n) is 12.1. The van der Waals surface area contributed by atoms with Crippen LogP contribution in [0.3, 0.4) is 0 Å². The molecule has 1 aromatic carbocycles. The fraction of sp³-hybridized carbons (Fsp3) is 0.429. The van der Waals surface area contributed by atoms with E-state index in [2.05, 4.69) is 16.0 Å². The summed E-state index contributed by atoms with van der Waals surface area (Å²) in [4.78, 5) is 22.4. The highest BCUT2D eigenvalue weighted by Gasteiger charge is 2.14. The molecule has 0 saturated heterocycles. The number of nitrogens with one attached hydrogen (secondary N) is 3. The van der Waals surface area contributed by atoms with Crippen molar-refractivity contribution in [3.05, 3.63) is 29.3 Å². The van der Waals surface area contributed by atoms with Crippen molar-refractivity contribution in [1.82, 2.24) is 10.6 Å². The maximum absolute atomic E-state index is 13.7. The fourth-order valence-corrected chi connectivity index (χ4v) is 1.64. The molecule has 0 unspecified atom stereocenters. The van der Waals surface area contributed by atoms with Gasteiger partial charge in [-0.2, -0.15) is 0 Å². The number of anilines is 1. The third kappa shape index (κ3) is 5.37. The molecule has 0 aliphatic rings. The van der Waals surface area contributed by atoms with Crippen LogP contribution in [0.4, 0.5) is 14.5 Å². The van der Waals surface area contributed by atoms with Gasteiger partial charge in [0.25, 0.3) is 5.91 Å². The van der Waals surface area contributed by atoms with Gasteiger partial charge in [-0.1, -0.05) is 6.92 Å². The quantitative estimate of drug-likeness (QED) is 0.671. The van der Waals surface area contributed by atoms with Gasteiger partial charge in [0, 0.05) is 32.1 Å². The molecule has 0 bridgehead atoms. The average Bonchev–Trinajstić information content (AvgIpc) is 2.42. The number of hydrogen-bond donors (Lipinski definition) is 3. The van der Waals surface area contributed by atoms with E-state index < -0.39 is 17.5 Å². The molecule has 1 aromatic rings. The van der Waals surface area contributed by atoms with Gasteiger partial charge in [0.2, 0.25) is 5.91 Å². The second-order valence-electron chi connectivity index (χ2n) is 4.48. The Morgan fingerprint density at radius 2 is 1.62 bits per heavy atom. The van der Waals surface area contributed by atoms with Crippen LogP contribution in [0.25, 0.3) is 0 Å². The maximum Gasteiger partial charge on any atom is 0.251 e. The summed E-state index contributed by atoms with van der Waals surface area (Å²) < 4.78 is 27.5. The van der Waals surface area contributed by atoms with E-state index in [1.54, 1.807) is 0 Å². The molecule has 2 amide bonds. The normalized spacial score (nSPS) is 10.1. The van der Waals surface area contributed by atoms with Crippen LogP contribution in [0.5, 0.6) is 0 Å². The van der Waals surface area contributed by atoms with Crippen LogP contribution >= 0.6 is 0 Å². The molecule has 21 heavy (non-hydrogen) atoms.